The van der Waals surface area contributed by atoms with Crippen LogP contribution in [0.3, 0.4) is 0 Å². The fourth-order valence-corrected chi connectivity index (χ4v) is 2.90. The number of ether oxygens (including phenoxy) is 1. The highest BCUT2D eigenvalue weighted by Crippen LogP contribution is 2.15. The zero-order valence-corrected chi connectivity index (χ0v) is 16.2. The van der Waals surface area contributed by atoms with E-state index in [1.807, 2.05) is 44.1 Å². The summed E-state index contributed by atoms with van der Waals surface area (Å²) in [6.07, 6.45) is 0. The Hall–Kier alpha value is -1.89. The van der Waals surface area contributed by atoms with Gasteiger partial charge in [0.2, 0.25) is 5.90 Å². The molecule has 0 unspecified atom stereocenters. The second-order valence-corrected chi connectivity index (χ2v) is 7.31. The molecule has 0 amide bonds. The third kappa shape index (κ3) is 6.49. The van der Waals surface area contributed by atoms with E-state index in [0.29, 0.717) is 18.7 Å². The maximum atomic E-state index is 12.5. The highest BCUT2D eigenvalue weighted by Gasteiger charge is 2.16. The van der Waals surface area contributed by atoms with Gasteiger partial charge < -0.3 is 9.64 Å². The predicted molar refractivity (Wildman–Crippen MR) is 103 cm³/mol. The standard InChI is InChI=1S/C18H22N2O3S.ClH/c1-15-9-11-17(12-10-15)24(21,22)19-18(23-14-13-20(2)3)16-7-5-4-6-8-16;/h4-12H,13-14H2,1-3H3;1H/b19-18-;. The normalized spacial score (nSPS) is 11.9. The van der Waals surface area contributed by atoms with Gasteiger partial charge in [0, 0.05) is 12.1 Å². The van der Waals surface area contributed by atoms with E-state index in [0.717, 1.165) is 5.56 Å². The number of nitrogens with zero attached hydrogens (tertiary/aromatic N) is 2. The number of halogens is 1. The fraction of sp³-hybridized carbons (Fsp3) is 0.278. The number of likely N-dealkylation sites (N-methyl/N-ethyl adjacent to an activating group) is 1. The van der Waals surface area contributed by atoms with Crippen molar-refractivity contribution < 1.29 is 13.2 Å². The Kier molecular flexibility index (Phi) is 8.09. The maximum absolute atomic E-state index is 12.5. The zero-order valence-electron chi connectivity index (χ0n) is 14.5. The molecule has 0 saturated carbocycles. The Labute approximate surface area is 155 Å². The van der Waals surface area contributed by atoms with E-state index in [-0.39, 0.29) is 23.2 Å². The average molecular weight is 383 g/mol. The molecule has 0 fully saturated rings. The monoisotopic (exact) mass is 382 g/mol. The van der Waals surface area contributed by atoms with E-state index in [1.165, 1.54) is 0 Å². The van der Waals surface area contributed by atoms with Crippen LogP contribution >= 0.6 is 12.4 Å². The van der Waals surface area contributed by atoms with E-state index in [1.54, 1.807) is 36.4 Å². The zero-order chi connectivity index (χ0) is 17.6. The number of rotatable bonds is 6. The van der Waals surface area contributed by atoms with Crippen LogP contribution in [0.25, 0.3) is 0 Å². The molecular weight excluding hydrogens is 360 g/mol. The van der Waals surface area contributed by atoms with Gasteiger partial charge in [-0.3, -0.25) is 0 Å². The van der Waals surface area contributed by atoms with Crippen LogP contribution in [0.15, 0.2) is 63.9 Å². The molecule has 0 aliphatic heterocycles. The summed E-state index contributed by atoms with van der Waals surface area (Å²) in [7, 11) is 0.0190. The molecule has 136 valence electrons. The summed E-state index contributed by atoms with van der Waals surface area (Å²) < 4.78 is 34.7. The van der Waals surface area contributed by atoms with Crippen LogP contribution in [0.1, 0.15) is 11.1 Å². The first-order valence-electron chi connectivity index (χ1n) is 7.63. The quantitative estimate of drug-likeness (QED) is 0.569. The molecule has 0 aliphatic carbocycles. The summed E-state index contributed by atoms with van der Waals surface area (Å²) in [6, 6.07) is 15.6. The third-order valence-electron chi connectivity index (χ3n) is 3.32. The first-order chi connectivity index (χ1) is 11.4. The molecular formula is C18H23ClN2O3S. The van der Waals surface area contributed by atoms with Gasteiger partial charge in [-0.2, -0.15) is 8.42 Å². The van der Waals surface area contributed by atoms with Crippen LogP contribution in [0.2, 0.25) is 0 Å². The van der Waals surface area contributed by atoms with Gasteiger partial charge in [-0.1, -0.05) is 35.9 Å². The minimum atomic E-state index is -3.83. The van der Waals surface area contributed by atoms with E-state index in [2.05, 4.69) is 4.40 Å². The first kappa shape index (κ1) is 21.2. The van der Waals surface area contributed by atoms with Gasteiger partial charge in [-0.25, -0.2) is 0 Å². The molecule has 5 nitrogen and oxygen atoms in total. The van der Waals surface area contributed by atoms with Crippen molar-refractivity contribution in [3.05, 3.63) is 65.7 Å². The summed E-state index contributed by atoms with van der Waals surface area (Å²) in [5.74, 6) is 0.109. The van der Waals surface area contributed by atoms with E-state index in [4.69, 9.17) is 4.74 Å². The molecule has 0 heterocycles. The Balaban J connectivity index is 0.00000312. The predicted octanol–water partition coefficient (Wildman–Crippen LogP) is 3.13. The van der Waals surface area contributed by atoms with Crippen molar-refractivity contribution in [2.75, 3.05) is 27.2 Å². The largest absolute Gasteiger partial charge is 0.475 e. The summed E-state index contributed by atoms with van der Waals surface area (Å²) in [5.41, 5.74) is 1.62. The van der Waals surface area contributed by atoms with Crippen LogP contribution in [-0.4, -0.2) is 46.5 Å². The number of hydrogen-bond acceptors (Lipinski definition) is 4. The molecule has 0 atom stereocenters. The third-order valence-corrected chi connectivity index (χ3v) is 4.59. The van der Waals surface area contributed by atoms with Gasteiger partial charge >= 0.3 is 0 Å². The minimum Gasteiger partial charge on any atom is -0.475 e. The van der Waals surface area contributed by atoms with Gasteiger partial charge in [0.05, 0.1) is 4.90 Å². The van der Waals surface area contributed by atoms with Gasteiger partial charge in [0.1, 0.15) is 6.61 Å². The topological polar surface area (TPSA) is 59.0 Å². The van der Waals surface area contributed by atoms with Crippen LogP contribution in [0.4, 0.5) is 0 Å². The molecule has 0 aliphatic rings. The van der Waals surface area contributed by atoms with E-state index >= 15 is 0 Å². The second kappa shape index (κ2) is 9.56. The molecule has 2 aromatic carbocycles. The second-order valence-electron chi connectivity index (χ2n) is 5.70. The summed E-state index contributed by atoms with van der Waals surface area (Å²) in [4.78, 5) is 2.11. The lowest BCUT2D eigenvalue weighted by molar-refractivity contribution is 0.253. The molecule has 0 spiro atoms. The van der Waals surface area contributed by atoms with Gasteiger partial charge in [0.15, 0.2) is 0 Å². The Morgan fingerprint density at radius 1 is 1.04 bits per heavy atom. The molecule has 2 aromatic rings. The van der Waals surface area contributed by atoms with Crippen molar-refractivity contribution >= 4 is 28.3 Å². The Morgan fingerprint density at radius 3 is 2.20 bits per heavy atom. The number of sulfonamides is 1. The molecule has 0 saturated heterocycles. The molecule has 0 radical (unpaired) electrons. The lowest BCUT2D eigenvalue weighted by Crippen LogP contribution is -2.21. The van der Waals surface area contributed by atoms with Crippen molar-refractivity contribution in [2.24, 2.45) is 4.40 Å². The molecule has 0 aromatic heterocycles. The van der Waals surface area contributed by atoms with Crippen molar-refractivity contribution in [3.63, 3.8) is 0 Å². The van der Waals surface area contributed by atoms with E-state index < -0.39 is 10.0 Å². The average Bonchev–Trinajstić information content (AvgIpc) is 2.55. The van der Waals surface area contributed by atoms with Crippen LogP contribution in [0.5, 0.6) is 0 Å². The number of benzene rings is 2. The van der Waals surface area contributed by atoms with Crippen molar-refractivity contribution in [2.45, 2.75) is 11.8 Å². The molecule has 0 N–H and O–H groups in total. The lowest BCUT2D eigenvalue weighted by Gasteiger charge is -2.13. The summed E-state index contributed by atoms with van der Waals surface area (Å²) in [5, 5.41) is 0. The van der Waals surface area contributed by atoms with Crippen LogP contribution in [-0.2, 0) is 14.8 Å². The minimum absolute atomic E-state index is 0. The van der Waals surface area contributed by atoms with Crippen molar-refractivity contribution in [1.82, 2.24) is 4.90 Å². The highest BCUT2D eigenvalue weighted by molar-refractivity contribution is 7.90. The van der Waals surface area contributed by atoms with Crippen LogP contribution in [0, 0.1) is 6.92 Å². The Morgan fingerprint density at radius 2 is 1.64 bits per heavy atom. The summed E-state index contributed by atoms with van der Waals surface area (Å²) >= 11 is 0. The van der Waals surface area contributed by atoms with Gasteiger partial charge in [-0.05, 0) is 45.3 Å². The van der Waals surface area contributed by atoms with Crippen LogP contribution < -0.4 is 0 Å². The molecule has 7 heteroatoms. The SMILES string of the molecule is Cc1ccc(S(=O)(=O)/N=C(\OCCN(C)C)c2ccccc2)cc1.Cl. The fourth-order valence-electron chi connectivity index (χ4n) is 1.94. The molecule has 25 heavy (non-hydrogen) atoms. The van der Waals surface area contributed by atoms with Crippen molar-refractivity contribution in [3.8, 4) is 0 Å². The van der Waals surface area contributed by atoms with Gasteiger partial charge in [0.25, 0.3) is 10.0 Å². The molecule has 0 bridgehead atoms. The smallest absolute Gasteiger partial charge is 0.285 e. The van der Waals surface area contributed by atoms with Crippen molar-refractivity contribution in [1.29, 1.82) is 0 Å². The Bertz CT molecular complexity index is 789. The van der Waals surface area contributed by atoms with Gasteiger partial charge in [-0.15, -0.1) is 16.8 Å². The first-order valence-corrected chi connectivity index (χ1v) is 9.07. The van der Waals surface area contributed by atoms with E-state index in [9.17, 15) is 8.42 Å². The maximum Gasteiger partial charge on any atom is 0.285 e. The highest BCUT2D eigenvalue weighted by atomic mass is 35.5. The number of aryl methyl sites for hydroxylation is 1. The number of hydrogen-bond donors (Lipinski definition) is 0. The molecule has 2 rings (SSSR count). The lowest BCUT2D eigenvalue weighted by atomic mass is 10.2. The summed E-state index contributed by atoms with van der Waals surface area (Å²) in [6.45, 7) is 2.92.